The van der Waals surface area contributed by atoms with E-state index in [2.05, 4.69) is 66.9 Å². The van der Waals surface area contributed by atoms with Crippen molar-refractivity contribution in [3.8, 4) is 22.5 Å². The van der Waals surface area contributed by atoms with Crippen LogP contribution in [0.4, 0.5) is 4.79 Å². The number of ether oxygens (including phenoxy) is 2. The Kier molecular flexibility index (Phi) is 23.9. The first-order chi connectivity index (χ1) is 31.4. The number of carbonyl (C=O) groups is 5. The molecule has 4 aromatic rings. The number of hydrogen-bond acceptors (Lipinski definition) is 11. The molecule has 0 radical (unpaired) electrons. The Morgan fingerprint density at radius 3 is 2.41 bits per heavy atom. The minimum Gasteiger partial charge on any atom is -0.464 e. The van der Waals surface area contributed by atoms with Gasteiger partial charge >= 0.3 is 12.0 Å². The number of aryl methyl sites for hydroxylation is 1. The molecule has 2 N–H and O–H groups in total. The van der Waals surface area contributed by atoms with Crippen LogP contribution in [-0.2, 0) is 48.0 Å². The highest BCUT2D eigenvalue weighted by Crippen LogP contribution is 2.42. The maximum atomic E-state index is 14.6. The van der Waals surface area contributed by atoms with Gasteiger partial charge in [0.15, 0.2) is 0 Å². The first kappa shape index (κ1) is 61.9. The summed E-state index contributed by atoms with van der Waals surface area (Å²) in [6.45, 7) is 19.7. The topological polar surface area (TPSA) is 172 Å². The average Bonchev–Trinajstić information content (AvgIpc) is 3.89. The van der Waals surface area contributed by atoms with E-state index in [1.165, 1.54) is 37.1 Å². The summed E-state index contributed by atoms with van der Waals surface area (Å²) in [5.41, 5.74) is 9.26. The number of aromatic nitrogens is 3. The molecule has 70 heavy (non-hydrogen) atoms. The van der Waals surface area contributed by atoms with Gasteiger partial charge < -0.3 is 34.1 Å². The van der Waals surface area contributed by atoms with E-state index in [0.29, 0.717) is 44.0 Å². The average molecular weight is 1060 g/mol. The smallest absolute Gasteiger partial charge is 0.324 e. The summed E-state index contributed by atoms with van der Waals surface area (Å²) in [5, 5.41) is 8.05. The zero-order valence-electron chi connectivity index (χ0n) is 42.2. The molecule has 1 aromatic carbocycles. The lowest BCUT2D eigenvalue weighted by molar-refractivity contribution is -0.155. The fourth-order valence-electron chi connectivity index (χ4n) is 9.01. The van der Waals surface area contributed by atoms with Gasteiger partial charge in [-0.05, 0) is 81.9 Å². The van der Waals surface area contributed by atoms with Crippen LogP contribution in [0, 0.1) is 11.3 Å². The van der Waals surface area contributed by atoms with Crippen molar-refractivity contribution in [2.45, 2.75) is 105 Å². The summed E-state index contributed by atoms with van der Waals surface area (Å²) in [7, 11) is 4.79. The molecule has 16 nitrogen and oxygen atoms in total. The van der Waals surface area contributed by atoms with Gasteiger partial charge in [-0.15, -0.1) is 11.3 Å². The first-order valence-corrected chi connectivity index (χ1v) is 23.8. The van der Waals surface area contributed by atoms with E-state index in [9.17, 15) is 24.0 Å². The molecule has 5 heterocycles. The van der Waals surface area contributed by atoms with Crippen LogP contribution in [0.25, 0.3) is 33.4 Å². The molecule has 6 rings (SSSR count). The van der Waals surface area contributed by atoms with Crippen LogP contribution in [-0.4, -0.2) is 136 Å². The second kappa shape index (κ2) is 27.0. The summed E-state index contributed by atoms with van der Waals surface area (Å²) < 4.78 is 14.5. The molecule has 0 spiro atoms. The Hall–Kier alpha value is -4.25. The van der Waals surface area contributed by atoms with Crippen LogP contribution in [0.5, 0.6) is 0 Å². The van der Waals surface area contributed by atoms with E-state index in [-0.39, 0.29) is 98.0 Å². The molecule has 2 aliphatic rings. The largest absolute Gasteiger partial charge is 0.464 e. The number of carbonyl (C=O) groups excluding carboxylic acids is 5. The zero-order chi connectivity index (χ0) is 48.0. The molecule has 1 saturated heterocycles. The Balaban J connectivity index is 0.00000420. The summed E-state index contributed by atoms with van der Waals surface area (Å²) >= 11 is 1.40. The Morgan fingerprint density at radius 2 is 1.76 bits per heavy atom. The Morgan fingerprint density at radius 1 is 1.06 bits per heavy atom. The molecule has 4 atom stereocenters. The SMILES string of the molecule is C=CC(=O)N(C)CCN(C)C(=O)N(C)[C@H](C(=O)N[C@H]1Cc2nc(cs2)-c2ccc3c(c2)c(c(-c2cccnc2[C@H](C)OCC)n3CC)CC(C)(C)COC(=O)[C@@H]2CCCN(N2)C1=O)C(C)C.S.S.S.S. The molecule has 6 bridgehead atoms. The van der Waals surface area contributed by atoms with Crippen LogP contribution >= 0.6 is 65.3 Å². The van der Waals surface area contributed by atoms with Crippen molar-refractivity contribution in [2.75, 3.05) is 54.0 Å². The molecule has 0 unspecified atom stereocenters. The van der Waals surface area contributed by atoms with Crippen molar-refractivity contribution in [3.05, 3.63) is 70.8 Å². The molecule has 3 aromatic heterocycles. The van der Waals surface area contributed by atoms with E-state index in [4.69, 9.17) is 19.4 Å². The number of rotatable bonds is 13. The number of nitrogens with one attached hydrogen (secondary N) is 2. The number of esters is 1. The molecule has 0 saturated carbocycles. The van der Waals surface area contributed by atoms with Crippen LogP contribution in [0.1, 0.15) is 83.7 Å². The van der Waals surface area contributed by atoms with E-state index in [1.807, 2.05) is 39.1 Å². The number of hydrogen-bond donors (Lipinski definition) is 2. The number of nitrogens with zero attached hydrogens (tertiary/aromatic N) is 7. The van der Waals surface area contributed by atoms with Crippen molar-refractivity contribution in [1.82, 2.24) is 45.0 Å². The first-order valence-electron chi connectivity index (χ1n) is 23.0. The highest BCUT2D eigenvalue weighted by molar-refractivity contribution is 7.59. The molecular formula is C49H75N9O7S5. The fraction of sp³-hybridized carbons (Fsp3) is 0.531. The monoisotopic (exact) mass is 1060 g/mol. The molecular weight excluding hydrogens is 987 g/mol. The van der Waals surface area contributed by atoms with E-state index in [0.717, 1.165) is 44.7 Å². The highest BCUT2D eigenvalue weighted by Gasteiger charge is 2.38. The third-order valence-corrected chi connectivity index (χ3v) is 13.4. The van der Waals surface area contributed by atoms with Crippen molar-refractivity contribution in [1.29, 1.82) is 0 Å². The van der Waals surface area contributed by atoms with Crippen molar-refractivity contribution in [3.63, 3.8) is 0 Å². The second-order valence-electron chi connectivity index (χ2n) is 18.5. The van der Waals surface area contributed by atoms with Crippen molar-refractivity contribution < 1.29 is 33.4 Å². The van der Waals surface area contributed by atoms with Crippen molar-refractivity contribution >= 4 is 106 Å². The second-order valence-corrected chi connectivity index (χ2v) is 19.4. The standard InChI is InChI=1S/C49H67N9O7S.4H2S/c1-12-41(59)54(9)23-24-55(10)48(63)56(11)43(30(4)5)45(60)52-37-26-40-51-38(28-66-40)32-19-20-39-34(25-32)35(44(57(39)13-2)33-17-15-21-50-42(33)31(6)64-14-3)27-49(7,8)29-65-47(62)36-18-16-22-58(53-36)46(37)61;;;;/h12,15,17,19-21,25,28,30-31,36-37,43,53H,1,13-14,16,18,22-24,26-27,29H2,2-11H3,(H,52,60);4*1H2/t31-,36-,37-,43-;;;;/m0..../s1. The van der Waals surface area contributed by atoms with Gasteiger partial charge in [0.1, 0.15) is 18.1 Å². The molecule has 21 heteroatoms. The van der Waals surface area contributed by atoms with Crippen LogP contribution < -0.4 is 10.7 Å². The summed E-state index contributed by atoms with van der Waals surface area (Å²) in [6, 6.07) is 7.15. The number of fused-ring (bicyclic) bond motifs is 6. The summed E-state index contributed by atoms with van der Waals surface area (Å²) in [6.07, 6.45) is 4.40. The van der Waals surface area contributed by atoms with Gasteiger partial charge in [-0.25, -0.2) is 15.2 Å². The number of cyclic esters (lactones) is 1. The lowest BCUT2D eigenvalue weighted by Crippen LogP contribution is -2.62. The number of thiazole rings is 1. The molecule has 5 amide bonds. The lowest BCUT2D eigenvalue weighted by Gasteiger charge is -2.37. The van der Waals surface area contributed by atoms with E-state index in [1.54, 1.807) is 27.3 Å². The number of pyridine rings is 1. The molecule has 0 aliphatic carbocycles. The zero-order valence-corrected chi connectivity index (χ0v) is 47.0. The number of urea groups is 1. The Labute approximate surface area is 445 Å². The molecule has 2 aliphatic heterocycles. The number of likely N-dealkylation sites (N-methyl/N-ethyl adjacent to an activating group) is 3. The van der Waals surface area contributed by atoms with Crippen LogP contribution in [0.15, 0.2) is 54.6 Å². The van der Waals surface area contributed by atoms with Gasteiger partial charge in [-0.2, -0.15) is 54.0 Å². The van der Waals surface area contributed by atoms with Gasteiger partial charge in [0.2, 0.25) is 11.8 Å². The van der Waals surface area contributed by atoms with Crippen molar-refractivity contribution in [2.24, 2.45) is 11.3 Å². The maximum absolute atomic E-state index is 14.6. The van der Waals surface area contributed by atoms with Gasteiger partial charge in [0.05, 0.1) is 34.8 Å². The maximum Gasteiger partial charge on any atom is 0.324 e. The molecule has 1 fully saturated rings. The minimum absolute atomic E-state index is 0. The predicted molar refractivity (Wildman–Crippen MR) is 298 cm³/mol. The highest BCUT2D eigenvalue weighted by atomic mass is 32.1. The third kappa shape index (κ3) is 14.0. The van der Waals surface area contributed by atoms with Crippen LogP contribution in [0.2, 0.25) is 0 Å². The molecule has 388 valence electrons. The predicted octanol–water partition coefficient (Wildman–Crippen LogP) is 6.70. The van der Waals surface area contributed by atoms with Gasteiger partial charge in [0.25, 0.3) is 5.91 Å². The van der Waals surface area contributed by atoms with Gasteiger partial charge in [-0.1, -0.05) is 40.3 Å². The van der Waals surface area contributed by atoms with E-state index >= 15 is 0 Å². The number of hydrazine groups is 1. The van der Waals surface area contributed by atoms with Gasteiger partial charge in [0, 0.05) is 99.4 Å². The quantitative estimate of drug-likeness (QED) is 0.109. The normalized spacial score (nSPS) is 17.5. The fourth-order valence-corrected chi connectivity index (χ4v) is 9.86. The summed E-state index contributed by atoms with van der Waals surface area (Å²) in [4.78, 5) is 82.8. The minimum atomic E-state index is -1.10. The number of benzene rings is 1. The van der Waals surface area contributed by atoms with E-state index < -0.39 is 47.4 Å². The lowest BCUT2D eigenvalue weighted by atomic mass is 9.84. The summed E-state index contributed by atoms with van der Waals surface area (Å²) in [5.74, 6) is -2.02. The third-order valence-electron chi connectivity index (χ3n) is 12.5. The number of amides is 5. The Bertz CT molecular complexity index is 2450. The van der Waals surface area contributed by atoms with Crippen LogP contribution in [0.3, 0.4) is 0 Å². The van der Waals surface area contributed by atoms with Gasteiger partial charge in [-0.3, -0.25) is 29.2 Å².